The minimum atomic E-state index is -0.142. The minimum Gasteiger partial charge on any atom is -0.325 e. The molecule has 0 fully saturated rings. The number of thiophene rings is 1. The molecular weight excluding hydrogens is 416 g/mol. The number of imidazole rings is 1. The van der Waals surface area contributed by atoms with Crippen LogP contribution < -0.4 is 10.6 Å². The van der Waals surface area contributed by atoms with Crippen LogP contribution in [0, 0.1) is 0 Å². The van der Waals surface area contributed by atoms with Crippen molar-refractivity contribution in [2.45, 2.75) is 18.6 Å². The molecular formula is C22H20N4O2S2. The molecule has 4 rings (SSSR count). The van der Waals surface area contributed by atoms with Gasteiger partial charge in [0.05, 0.1) is 21.7 Å². The van der Waals surface area contributed by atoms with E-state index in [1.165, 1.54) is 23.1 Å². The summed E-state index contributed by atoms with van der Waals surface area (Å²) in [7, 11) is 0. The Morgan fingerprint density at radius 2 is 1.73 bits per heavy atom. The molecule has 8 heteroatoms. The number of fused-ring (bicyclic) bond motifs is 1. The van der Waals surface area contributed by atoms with Crippen LogP contribution in [0.3, 0.4) is 0 Å². The van der Waals surface area contributed by atoms with Gasteiger partial charge < -0.3 is 15.2 Å². The number of carbonyl (C=O) groups is 2. The average Bonchev–Trinajstić information content (AvgIpc) is 3.41. The molecule has 2 amide bonds. The number of hydrogen-bond donors (Lipinski definition) is 2. The lowest BCUT2D eigenvalue weighted by Gasteiger charge is -2.08. The van der Waals surface area contributed by atoms with Crippen molar-refractivity contribution in [2.75, 3.05) is 16.4 Å². The zero-order valence-corrected chi connectivity index (χ0v) is 17.9. The van der Waals surface area contributed by atoms with E-state index in [4.69, 9.17) is 0 Å². The van der Waals surface area contributed by atoms with Gasteiger partial charge in [0, 0.05) is 17.9 Å². The number of para-hydroxylation sites is 2. The highest BCUT2D eigenvalue weighted by Gasteiger charge is 2.12. The van der Waals surface area contributed by atoms with Gasteiger partial charge in [-0.15, -0.1) is 11.3 Å². The highest BCUT2D eigenvalue weighted by atomic mass is 32.2. The second-order valence-electron chi connectivity index (χ2n) is 6.47. The van der Waals surface area contributed by atoms with E-state index in [1.807, 2.05) is 35.7 Å². The summed E-state index contributed by atoms with van der Waals surface area (Å²) < 4.78 is 2.11. The molecule has 0 radical (unpaired) electrons. The van der Waals surface area contributed by atoms with Crippen molar-refractivity contribution in [1.29, 1.82) is 0 Å². The molecule has 6 nitrogen and oxygen atoms in total. The van der Waals surface area contributed by atoms with E-state index in [-0.39, 0.29) is 17.6 Å². The van der Waals surface area contributed by atoms with E-state index in [2.05, 4.69) is 27.1 Å². The van der Waals surface area contributed by atoms with Crippen LogP contribution in [0.15, 0.2) is 71.2 Å². The Labute approximate surface area is 182 Å². The molecule has 4 aromatic rings. The summed E-state index contributed by atoms with van der Waals surface area (Å²) in [5.74, 6) is 0.0160. The first-order valence-corrected chi connectivity index (χ1v) is 11.3. The molecule has 0 aliphatic rings. The highest BCUT2D eigenvalue weighted by Crippen LogP contribution is 2.24. The Hall–Kier alpha value is -3.10. The maximum absolute atomic E-state index is 12.4. The van der Waals surface area contributed by atoms with E-state index in [1.54, 1.807) is 30.3 Å². The molecule has 0 atom stereocenters. The van der Waals surface area contributed by atoms with Crippen LogP contribution in [0.2, 0.25) is 0 Å². The lowest BCUT2D eigenvalue weighted by atomic mass is 10.2. The van der Waals surface area contributed by atoms with Gasteiger partial charge in [-0.3, -0.25) is 9.59 Å². The summed E-state index contributed by atoms with van der Waals surface area (Å²) in [5, 5.41) is 8.42. The molecule has 152 valence electrons. The maximum atomic E-state index is 12.4. The minimum absolute atomic E-state index is 0.106. The quantitative estimate of drug-likeness (QED) is 0.395. The van der Waals surface area contributed by atoms with Gasteiger partial charge >= 0.3 is 0 Å². The van der Waals surface area contributed by atoms with Crippen LogP contribution in [0.1, 0.15) is 16.6 Å². The molecule has 0 aliphatic carbocycles. The number of aryl methyl sites for hydroxylation is 1. The van der Waals surface area contributed by atoms with Crippen LogP contribution in [0.25, 0.3) is 11.0 Å². The van der Waals surface area contributed by atoms with Crippen LogP contribution >= 0.6 is 23.1 Å². The number of rotatable bonds is 7. The number of carbonyl (C=O) groups excluding carboxylic acids is 2. The lowest BCUT2D eigenvalue weighted by molar-refractivity contribution is -0.113. The molecule has 2 N–H and O–H groups in total. The summed E-state index contributed by atoms with van der Waals surface area (Å²) >= 11 is 2.81. The van der Waals surface area contributed by atoms with Crippen LogP contribution in [-0.2, 0) is 11.3 Å². The number of benzene rings is 2. The number of nitrogens with zero attached hydrogens (tertiary/aromatic N) is 2. The van der Waals surface area contributed by atoms with Gasteiger partial charge in [0.1, 0.15) is 0 Å². The SMILES string of the molecule is CCn1c(SCC(=O)Nc2ccc(NC(=O)c3cccs3)cc2)nc2ccccc21. The predicted molar refractivity (Wildman–Crippen MR) is 123 cm³/mol. The molecule has 0 unspecified atom stereocenters. The third-order valence-corrected chi connectivity index (χ3v) is 6.28. The van der Waals surface area contributed by atoms with Gasteiger partial charge in [-0.25, -0.2) is 4.98 Å². The van der Waals surface area contributed by atoms with Crippen molar-refractivity contribution in [2.24, 2.45) is 0 Å². The average molecular weight is 437 g/mol. The van der Waals surface area contributed by atoms with Gasteiger partial charge in [-0.05, 0) is 54.8 Å². The van der Waals surface area contributed by atoms with E-state index < -0.39 is 0 Å². The third kappa shape index (κ3) is 4.55. The first-order valence-electron chi connectivity index (χ1n) is 9.47. The van der Waals surface area contributed by atoms with Crippen molar-refractivity contribution in [3.05, 3.63) is 70.9 Å². The van der Waals surface area contributed by atoms with Gasteiger partial charge in [0.25, 0.3) is 5.91 Å². The Morgan fingerprint density at radius 3 is 2.43 bits per heavy atom. The number of anilines is 2. The molecule has 0 aliphatic heterocycles. The Morgan fingerprint density at radius 1 is 1.00 bits per heavy atom. The normalized spacial score (nSPS) is 10.8. The van der Waals surface area contributed by atoms with Gasteiger partial charge in [-0.2, -0.15) is 0 Å². The number of amides is 2. The monoisotopic (exact) mass is 436 g/mol. The molecule has 0 spiro atoms. The fourth-order valence-corrected chi connectivity index (χ4v) is 4.53. The largest absolute Gasteiger partial charge is 0.325 e. The summed E-state index contributed by atoms with van der Waals surface area (Å²) in [5.41, 5.74) is 3.36. The van der Waals surface area contributed by atoms with Crippen LogP contribution in [0.5, 0.6) is 0 Å². The number of aromatic nitrogens is 2. The highest BCUT2D eigenvalue weighted by molar-refractivity contribution is 7.99. The number of nitrogens with one attached hydrogen (secondary N) is 2. The van der Waals surface area contributed by atoms with Crippen molar-refractivity contribution in [3.63, 3.8) is 0 Å². The number of hydrogen-bond acceptors (Lipinski definition) is 5. The molecule has 2 heterocycles. The van der Waals surface area contributed by atoms with Crippen molar-refractivity contribution >= 4 is 57.3 Å². The second-order valence-corrected chi connectivity index (χ2v) is 8.36. The predicted octanol–water partition coefficient (Wildman–Crippen LogP) is 5.10. The fraction of sp³-hybridized carbons (Fsp3) is 0.136. The molecule has 30 heavy (non-hydrogen) atoms. The maximum Gasteiger partial charge on any atom is 0.265 e. The molecule has 2 aromatic carbocycles. The fourth-order valence-electron chi connectivity index (χ4n) is 3.03. The Kier molecular flexibility index (Phi) is 6.15. The van der Waals surface area contributed by atoms with E-state index >= 15 is 0 Å². The van der Waals surface area contributed by atoms with Gasteiger partial charge in [0.15, 0.2) is 5.16 Å². The van der Waals surface area contributed by atoms with Crippen molar-refractivity contribution in [1.82, 2.24) is 9.55 Å². The van der Waals surface area contributed by atoms with Crippen molar-refractivity contribution in [3.8, 4) is 0 Å². The van der Waals surface area contributed by atoms with E-state index in [0.717, 1.165) is 22.7 Å². The van der Waals surface area contributed by atoms with E-state index in [0.29, 0.717) is 16.3 Å². The smallest absolute Gasteiger partial charge is 0.265 e. The molecule has 0 saturated heterocycles. The summed E-state index contributed by atoms with van der Waals surface area (Å²) in [6.45, 7) is 2.86. The Balaban J connectivity index is 1.34. The third-order valence-electron chi connectivity index (χ3n) is 4.44. The first kappa shape index (κ1) is 20.2. The molecule has 0 saturated carbocycles. The first-order chi connectivity index (χ1) is 14.6. The number of thioether (sulfide) groups is 1. The molecule has 0 bridgehead atoms. The lowest BCUT2D eigenvalue weighted by Crippen LogP contribution is -2.15. The zero-order chi connectivity index (χ0) is 20.9. The topological polar surface area (TPSA) is 76.0 Å². The summed E-state index contributed by atoms with van der Waals surface area (Å²) in [4.78, 5) is 29.8. The van der Waals surface area contributed by atoms with Gasteiger partial charge in [0.2, 0.25) is 5.91 Å². The van der Waals surface area contributed by atoms with Gasteiger partial charge in [-0.1, -0.05) is 30.0 Å². The standard InChI is InChI=1S/C22H20N4O2S2/c1-2-26-18-7-4-3-6-17(18)25-22(26)30-14-20(27)23-15-9-11-16(12-10-15)24-21(28)19-8-5-13-29-19/h3-13H,2,14H2,1H3,(H,23,27)(H,24,28). The molecule has 2 aromatic heterocycles. The Bertz CT molecular complexity index is 1170. The van der Waals surface area contributed by atoms with Crippen LogP contribution in [0.4, 0.5) is 11.4 Å². The van der Waals surface area contributed by atoms with Crippen LogP contribution in [-0.4, -0.2) is 27.1 Å². The summed E-state index contributed by atoms with van der Waals surface area (Å²) in [6.07, 6.45) is 0. The van der Waals surface area contributed by atoms with E-state index in [9.17, 15) is 9.59 Å². The van der Waals surface area contributed by atoms with Crippen molar-refractivity contribution < 1.29 is 9.59 Å². The second kappa shape index (κ2) is 9.15. The summed E-state index contributed by atoms with van der Waals surface area (Å²) in [6, 6.07) is 18.7. The zero-order valence-electron chi connectivity index (χ0n) is 16.3.